The first-order valence-corrected chi connectivity index (χ1v) is 6.42. The number of hydrogen-bond acceptors (Lipinski definition) is 1. The Morgan fingerprint density at radius 1 is 1.07 bits per heavy atom. The highest BCUT2D eigenvalue weighted by atomic mass is 35.5. The van der Waals surface area contributed by atoms with Crippen LogP contribution in [-0.2, 0) is 0 Å². The van der Waals surface area contributed by atoms with Gasteiger partial charge in [-0.2, -0.15) is 0 Å². The van der Waals surface area contributed by atoms with E-state index in [0.29, 0.717) is 6.42 Å². The Balaban J connectivity index is 3.28. The van der Waals surface area contributed by atoms with Crippen molar-refractivity contribution in [3.05, 3.63) is 0 Å². The second-order valence-electron chi connectivity index (χ2n) is 3.61. The molecular formula is C10H19Cl3O. The van der Waals surface area contributed by atoms with E-state index >= 15 is 0 Å². The molecule has 4 heteroatoms. The molecule has 0 aliphatic carbocycles. The summed E-state index contributed by atoms with van der Waals surface area (Å²) in [6.45, 7) is 2.19. The Hall–Kier alpha value is 0.830. The average Bonchev–Trinajstić information content (AvgIpc) is 2.09. The Kier molecular flexibility index (Phi) is 8.51. The summed E-state index contributed by atoms with van der Waals surface area (Å²) in [5, 5.41) is 8.55. The maximum Gasteiger partial charge on any atom is 0.231 e. The fourth-order valence-electron chi connectivity index (χ4n) is 1.28. The third-order valence-electron chi connectivity index (χ3n) is 2.19. The van der Waals surface area contributed by atoms with Gasteiger partial charge in [-0.05, 0) is 6.42 Å². The molecule has 0 spiro atoms. The first-order chi connectivity index (χ1) is 6.48. The van der Waals surface area contributed by atoms with Crippen LogP contribution in [0.5, 0.6) is 0 Å². The van der Waals surface area contributed by atoms with Crippen LogP contribution in [0.25, 0.3) is 0 Å². The molecule has 1 nitrogen and oxygen atoms in total. The predicted octanol–water partition coefficient (Wildman–Crippen LogP) is 4.47. The van der Waals surface area contributed by atoms with Gasteiger partial charge in [-0.25, -0.2) is 0 Å². The summed E-state index contributed by atoms with van der Waals surface area (Å²) in [4.78, 5) is 0. The normalized spacial score (nSPS) is 14.4. The van der Waals surface area contributed by atoms with E-state index in [9.17, 15) is 0 Å². The Bertz CT molecular complexity index is 134. The van der Waals surface area contributed by atoms with Crippen LogP contribution in [0.2, 0.25) is 0 Å². The fraction of sp³-hybridized carbons (Fsp3) is 1.00. The van der Waals surface area contributed by atoms with E-state index in [1.807, 2.05) is 0 Å². The molecule has 0 saturated carbocycles. The standard InChI is InChI=1S/C10H19Cl3O/c1-2-3-4-5-6-7-8-9(11)10(12,13)14/h9,14H,2-8H2,1H3. The zero-order chi connectivity index (χ0) is 11.0. The van der Waals surface area contributed by atoms with Crippen LogP contribution in [0.4, 0.5) is 0 Å². The van der Waals surface area contributed by atoms with Gasteiger partial charge in [0, 0.05) is 0 Å². The van der Waals surface area contributed by atoms with Crippen molar-refractivity contribution >= 4 is 34.8 Å². The third-order valence-corrected chi connectivity index (χ3v) is 3.47. The van der Waals surface area contributed by atoms with Gasteiger partial charge < -0.3 is 5.11 Å². The molecule has 0 aliphatic rings. The maximum atomic E-state index is 9.13. The Morgan fingerprint density at radius 3 is 2.07 bits per heavy atom. The zero-order valence-electron chi connectivity index (χ0n) is 8.61. The number of alkyl halides is 3. The molecule has 0 amide bonds. The van der Waals surface area contributed by atoms with E-state index in [1.54, 1.807) is 0 Å². The monoisotopic (exact) mass is 260 g/mol. The molecule has 0 aliphatic heterocycles. The molecule has 0 aromatic heterocycles. The van der Waals surface area contributed by atoms with Crippen molar-refractivity contribution in [2.24, 2.45) is 0 Å². The van der Waals surface area contributed by atoms with E-state index in [0.717, 1.165) is 12.8 Å². The molecule has 1 atom stereocenters. The predicted molar refractivity (Wildman–Crippen MR) is 64.3 cm³/mol. The Labute approximate surface area is 102 Å². The van der Waals surface area contributed by atoms with Gasteiger partial charge in [-0.1, -0.05) is 68.7 Å². The van der Waals surface area contributed by atoms with Gasteiger partial charge in [0.25, 0.3) is 0 Å². The van der Waals surface area contributed by atoms with Crippen molar-refractivity contribution in [3.8, 4) is 0 Å². The lowest BCUT2D eigenvalue weighted by Crippen LogP contribution is -2.25. The van der Waals surface area contributed by atoms with Crippen molar-refractivity contribution in [3.63, 3.8) is 0 Å². The van der Waals surface area contributed by atoms with Crippen LogP contribution in [0, 0.1) is 0 Å². The van der Waals surface area contributed by atoms with Crippen LogP contribution in [-0.4, -0.2) is 15.0 Å². The number of rotatable bonds is 8. The highest BCUT2D eigenvalue weighted by molar-refractivity contribution is 6.50. The van der Waals surface area contributed by atoms with Crippen LogP contribution in [0.1, 0.15) is 51.9 Å². The Morgan fingerprint density at radius 2 is 1.57 bits per heavy atom. The third kappa shape index (κ3) is 8.16. The molecule has 14 heavy (non-hydrogen) atoms. The fourth-order valence-corrected chi connectivity index (χ4v) is 1.65. The van der Waals surface area contributed by atoms with Crippen molar-refractivity contribution in [1.82, 2.24) is 0 Å². The van der Waals surface area contributed by atoms with E-state index in [4.69, 9.17) is 39.9 Å². The molecule has 0 heterocycles. The summed E-state index contributed by atoms with van der Waals surface area (Å²) >= 11 is 16.7. The summed E-state index contributed by atoms with van der Waals surface area (Å²) in [5.41, 5.74) is 0. The minimum atomic E-state index is -1.79. The van der Waals surface area contributed by atoms with Crippen molar-refractivity contribution in [1.29, 1.82) is 0 Å². The molecular weight excluding hydrogens is 242 g/mol. The lowest BCUT2D eigenvalue weighted by molar-refractivity contribution is 0.203. The minimum Gasteiger partial charge on any atom is -0.361 e. The number of hydrogen-bond donors (Lipinski definition) is 1. The van der Waals surface area contributed by atoms with E-state index in [2.05, 4.69) is 6.92 Å². The van der Waals surface area contributed by atoms with Gasteiger partial charge in [-0.15, -0.1) is 11.6 Å². The van der Waals surface area contributed by atoms with Crippen molar-refractivity contribution in [2.45, 2.75) is 61.8 Å². The van der Waals surface area contributed by atoms with Gasteiger partial charge >= 0.3 is 0 Å². The SMILES string of the molecule is CCCCCCCCC(Cl)C(O)(Cl)Cl. The summed E-state index contributed by atoms with van der Waals surface area (Å²) in [5.74, 6) is 0. The van der Waals surface area contributed by atoms with Crippen LogP contribution >= 0.6 is 34.8 Å². The van der Waals surface area contributed by atoms with Crippen molar-refractivity contribution < 1.29 is 5.11 Å². The molecule has 0 aromatic rings. The van der Waals surface area contributed by atoms with Gasteiger partial charge in [-0.3, -0.25) is 0 Å². The summed E-state index contributed by atoms with van der Waals surface area (Å²) in [6.07, 6.45) is 7.81. The highest BCUT2D eigenvalue weighted by Gasteiger charge is 2.29. The van der Waals surface area contributed by atoms with E-state index in [1.165, 1.54) is 25.7 Å². The molecule has 1 N–H and O–H groups in total. The van der Waals surface area contributed by atoms with E-state index in [-0.39, 0.29) is 0 Å². The van der Waals surface area contributed by atoms with E-state index < -0.39 is 9.90 Å². The molecule has 0 fully saturated rings. The average molecular weight is 262 g/mol. The largest absolute Gasteiger partial charge is 0.361 e. The summed E-state index contributed by atoms with van der Waals surface area (Å²) < 4.78 is -1.79. The number of aliphatic hydroxyl groups is 1. The molecule has 0 aromatic carbocycles. The lowest BCUT2D eigenvalue weighted by Gasteiger charge is -2.18. The topological polar surface area (TPSA) is 20.2 Å². The smallest absolute Gasteiger partial charge is 0.231 e. The van der Waals surface area contributed by atoms with Gasteiger partial charge in [0.2, 0.25) is 4.52 Å². The molecule has 0 bridgehead atoms. The minimum absolute atomic E-state index is 0.572. The molecule has 1 unspecified atom stereocenters. The second kappa shape index (κ2) is 8.04. The zero-order valence-corrected chi connectivity index (χ0v) is 10.9. The van der Waals surface area contributed by atoms with Gasteiger partial charge in [0.15, 0.2) is 0 Å². The first kappa shape index (κ1) is 14.8. The van der Waals surface area contributed by atoms with Crippen molar-refractivity contribution in [2.75, 3.05) is 0 Å². The summed E-state index contributed by atoms with van der Waals surface area (Å²) in [6, 6.07) is 0. The lowest BCUT2D eigenvalue weighted by atomic mass is 10.1. The van der Waals surface area contributed by atoms with Gasteiger partial charge in [0.05, 0.1) is 5.38 Å². The van der Waals surface area contributed by atoms with Crippen LogP contribution in [0.15, 0.2) is 0 Å². The molecule has 0 radical (unpaired) electrons. The summed E-state index contributed by atoms with van der Waals surface area (Å²) in [7, 11) is 0. The quantitative estimate of drug-likeness (QED) is 0.505. The highest BCUT2D eigenvalue weighted by Crippen LogP contribution is 2.29. The van der Waals surface area contributed by atoms with Crippen LogP contribution < -0.4 is 0 Å². The maximum absolute atomic E-state index is 9.13. The van der Waals surface area contributed by atoms with Crippen LogP contribution in [0.3, 0.4) is 0 Å². The number of halogens is 3. The molecule has 0 saturated heterocycles. The first-order valence-electron chi connectivity index (χ1n) is 5.22. The molecule has 86 valence electrons. The number of unbranched alkanes of at least 4 members (excludes halogenated alkanes) is 5. The second-order valence-corrected chi connectivity index (χ2v) is 5.48. The molecule has 0 rings (SSSR count). The van der Waals surface area contributed by atoms with Gasteiger partial charge in [0.1, 0.15) is 0 Å².